The van der Waals surface area contributed by atoms with Crippen LogP contribution in [0.5, 0.6) is 5.75 Å². The molecule has 334 valence electrons. The van der Waals surface area contributed by atoms with Gasteiger partial charge in [0.05, 0.1) is 23.8 Å². The first kappa shape index (κ1) is 48.4. The number of amides is 2. The summed E-state index contributed by atoms with van der Waals surface area (Å²) < 4.78 is 64.0. The number of aryl methyl sites for hydroxylation is 1. The number of nitrogens with two attached hydrogens (primary N) is 1. The molecule has 0 radical (unpaired) electrons. The van der Waals surface area contributed by atoms with Crippen LogP contribution in [0.2, 0.25) is 5.02 Å². The fraction of sp³-hybridized carbons (Fsp3) is 0.295. The second-order valence-corrected chi connectivity index (χ2v) is 19.5. The SMILES string of the molecule is COc1cc(C)c(S(=O)(=O)NC(N)=NCCC[C@H](NC(=O)[C@H](Cc2cccc(Cl)c2)NC(=O)[C@@H](Cc2ccccc2)NS(=O)(=O)Cc2ccccc2)C(=O)c2nccs2)c(C)c1C. The number of thiazole rings is 1. The van der Waals surface area contributed by atoms with Crippen molar-refractivity contribution in [1.82, 2.24) is 25.1 Å². The Morgan fingerprint density at radius 1 is 0.810 bits per heavy atom. The van der Waals surface area contributed by atoms with Crippen LogP contribution in [0.15, 0.2) is 112 Å². The van der Waals surface area contributed by atoms with E-state index in [1.807, 2.05) is 0 Å². The molecule has 0 aliphatic carbocycles. The lowest BCUT2D eigenvalue weighted by Crippen LogP contribution is -2.57. The van der Waals surface area contributed by atoms with E-state index < -0.39 is 55.8 Å². The summed E-state index contributed by atoms with van der Waals surface area (Å²) in [5.41, 5.74) is 9.41. The van der Waals surface area contributed by atoms with Gasteiger partial charge in [0.25, 0.3) is 10.0 Å². The number of sulfonamides is 2. The van der Waals surface area contributed by atoms with Gasteiger partial charge in [0.1, 0.15) is 17.8 Å². The van der Waals surface area contributed by atoms with Gasteiger partial charge in [-0.05, 0) is 91.6 Å². The van der Waals surface area contributed by atoms with Crippen molar-refractivity contribution in [3.8, 4) is 5.75 Å². The number of Topliss-reactive ketones (excluding diaryl/α,β-unsaturated/α-hetero) is 1. The maximum absolute atomic E-state index is 14.3. The first-order valence-corrected chi connectivity index (χ1v) is 24.2. The van der Waals surface area contributed by atoms with Crippen molar-refractivity contribution in [1.29, 1.82) is 0 Å². The Kier molecular flexibility index (Phi) is 17.0. The zero-order chi connectivity index (χ0) is 45.7. The number of nitrogens with one attached hydrogen (secondary N) is 4. The summed E-state index contributed by atoms with van der Waals surface area (Å²) in [6.07, 6.45) is 1.54. The van der Waals surface area contributed by atoms with Gasteiger partial charge in [0.2, 0.25) is 33.6 Å². The Morgan fingerprint density at radius 2 is 1.43 bits per heavy atom. The van der Waals surface area contributed by atoms with Crippen LogP contribution in [0.1, 0.15) is 56.0 Å². The molecule has 0 fully saturated rings. The van der Waals surface area contributed by atoms with Crippen molar-refractivity contribution in [2.75, 3.05) is 13.7 Å². The zero-order valence-electron chi connectivity index (χ0n) is 35.1. The number of guanidine groups is 1. The first-order chi connectivity index (χ1) is 30.0. The number of ketones is 1. The van der Waals surface area contributed by atoms with E-state index in [-0.39, 0.29) is 53.8 Å². The Labute approximate surface area is 377 Å². The summed E-state index contributed by atoms with van der Waals surface area (Å²) in [5, 5.41) is 7.66. The summed E-state index contributed by atoms with van der Waals surface area (Å²) in [6, 6.07) is 21.9. The Hall–Kier alpha value is -5.66. The van der Waals surface area contributed by atoms with Gasteiger partial charge < -0.3 is 21.1 Å². The highest BCUT2D eigenvalue weighted by Crippen LogP contribution is 2.30. The normalized spacial score (nSPS) is 13.4. The van der Waals surface area contributed by atoms with Crippen LogP contribution in [0.4, 0.5) is 0 Å². The standard InChI is InChI=1S/C44H50ClN7O8S3/c1-28-23-38(60-4)29(2)30(3)40(28)63(58,59)52-44(46)48-20-12-19-35(39(53)43-47-21-22-61-43)49-41(54)36(26-33-17-11-18-34(45)24-33)50-42(55)37(25-31-13-7-5-8-14-31)51-62(56,57)27-32-15-9-6-10-16-32/h5-11,13-18,21-24,35-37,51H,12,19-20,25-27H2,1-4H3,(H,49,54)(H,50,55)(H3,46,48,52)/t35-,36-,37+/m0/s1. The topological polar surface area (TPSA) is 228 Å². The van der Waals surface area contributed by atoms with Crippen LogP contribution < -0.4 is 30.5 Å². The van der Waals surface area contributed by atoms with Crippen molar-refractivity contribution < 1.29 is 36.0 Å². The summed E-state index contributed by atoms with van der Waals surface area (Å²) in [4.78, 5) is 50.7. The van der Waals surface area contributed by atoms with E-state index in [9.17, 15) is 31.2 Å². The molecule has 0 bridgehead atoms. The molecule has 6 N–H and O–H groups in total. The number of hydrogen-bond acceptors (Lipinski definition) is 11. The van der Waals surface area contributed by atoms with Gasteiger partial charge in [-0.3, -0.25) is 19.4 Å². The van der Waals surface area contributed by atoms with Crippen LogP contribution >= 0.6 is 22.9 Å². The van der Waals surface area contributed by atoms with Crippen molar-refractivity contribution >= 4 is 66.5 Å². The number of methoxy groups -OCH3 is 1. The van der Waals surface area contributed by atoms with E-state index in [4.69, 9.17) is 22.1 Å². The van der Waals surface area contributed by atoms with Gasteiger partial charge in [0, 0.05) is 29.6 Å². The zero-order valence-corrected chi connectivity index (χ0v) is 38.3. The van der Waals surface area contributed by atoms with Gasteiger partial charge >= 0.3 is 0 Å². The Bertz CT molecular complexity index is 2630. The lowest BCUT2D eigenvalue weighted by Gasteiger charge is -2.25. The van der Waals surface area contributed by atoms with Crippen LogP contribution in [0.25, 0.3) is 0 Å². The molecule has 63 heavy (non-hydrogen) atoms. The number of carbonyl (C=O) groups is 3. The van der Waals surface area contributed by atoms with Gasteiger partial charge in [-0.2, -0.15) is 0 Å². The van der Waals surface area contributed by atoms with E-state index in [1.165, 1.54) is 13.3 Å². The van der Waals surface area contributed by atoms with Crippen LogP contribution in [-0.4, -0.2) is 77.2 Å². The number of ether oxygens (including phenoxy) is 1. The lowest BCUT2D eigenvalue weighted by molar-refractivity contribution is -0.130. The minimum atomic E-state index is -4.14. The lowest BCUT2D eigenvalue weighted by atomic mass is 10.0. The molecule has 0 saturated heterocycles. The third-order valence-corrected chi connectivity index (χ3v) is 14.0. The molecule has 4 aromatic carbocycles. The first-order valence-electron chi connectivity index (χ1n) is 19.8. The molecule has 0 aliphatic heterocycles. The number of aliphatic imine (C=N–C) groups is 1. The van der Waals surface area contributed by atoms with E-state index >= 15 is 0 Å². The quantitative estimate of drug-likeness (QED) is 0.0289. The second kappa shape index (κ2) is 22.1. The highest BCUT2D eigenvalue weighted by molar-refractivity contribution is 7.90. The molecule has 0 aliphatic rings. The third kappa shape index (κ3) is 13.9. The number of carbonyl (C=O) groups excluding carboxylic acids is 3. The molecule has 5 aromatic rings. The van der Waals surface area contributed by atoms with E-state index in [0.717, 1.165) is 11.3 Å². The summed E-state index contributed by atoms with van der Waals surface area (Å²) in [6.45, 7) is 5.04. The molecule has 3 atom stereocenters. The maximum atomic E-state index is 14.3. The Morgan fingerprint density at radius 3 is 2.06 bits per heavy atom. The van der Waals surface area contributed by atoms with Crippen LogP contribution in [-0.2, 0) is 48.2 Å². The van der Waals surface area contributed by atoms with Gasteiger partial charge in [-0.25, -0.2) is 31.3 Å². The van der Waals surface area contributed by atoms with Crippen molar-refractivity contribution in [2.24, 2.45) is 10.7 Å². The number of rotatable bonds is 21. The largest absolute Gasteiger partial charge is 0.496 e. The van der Waals surface area contributed by atoms with Crippen LogP contribution in [0, 0.1) is 20.8 Å². The number of nitrogens with zero attached hydrogens (tertiary/aromatic N) is 2. The number of hydrogen-bond donors (Lipinski definition) is 5. The molecule has 5 rings (SSSR count). The molecular formula is C44H50ClN7O8S3. The predicted molar refractivity (Wildman–Crippen MR) is 245 cm³/mol. The monoisotopic (exact) mass is 935 g/mol. The van der Waals surface area contributed by atoms with E-state index in [2.05, 4.69) is 30.1 Å². The molecule has 1 aromatic heterocycles. The van der Waals surface area contributed by atoms with E-state index in [0.29, 0.717) is 44.2 Å². The molecule has 15 nitrogen and oxygen atoms in total. The maximum Gasteiger partial charge on any atom is 0.264 e. The van der Waals surface area contributed by atoms with Crippen LogP contribution in [0.3, 0.4) is 0 Å². The third-order valence-electron chi connectivity index (χ3n) is 10.00. The minimum absolute atomic E-state index is 0.0251. The number of halogens is 1. The molecule has 0 spiro atoms. The van der Waals surface area contributed by atoms with Crippen molar-refractivity contribution in [2.45, 2.75) is 75.2 Å². The van der Waals surface area contributed by atoms with Gasteiger partial charge in [-0.1, -0.05) is 84.4 Å². The van der Waals surface area contributed by atoms with Gasteiger partial charge in [0.15, 0.2) is 5.01 Å². The predicted octanol–water partition coefficient (Wildman–Crippen LogP) is 4.93. The summed E-state index contributed by atoms with van der Waals surface area (Å²) in [5.74, 6) is -2.22. The molecule has 2 amide bonds. The highest BCUT2D eigenvalue weighted by Gasteiger charge is 2.32. The fourth-order valence-corrected chi connectivity index (χ4v) is 10.5. The molecule has 0 unspecified atom stereocenters. The molecule has 0 saturated carbocycles. The smallest absolute Gasteiger partial charge is 0.264 e. The highest BCUT2D eigenvalue weighted by atomic mass is 35.5. The summed E-state index contributed by atoms with van der Waals surface area (Å²) >= 11 is 7.37. The minimum Gasteiger partial charge on any atom is -0.496 e. The number of benzene rings is 4. The number of aromatic nitrogens is 1. The van der Waals surface area contributed by atoms with Crippen molar-refractivity contribution in [3.05, 3.63) is 146 Å². The van der Waals surface area contributed by atoms with Crippen molar-refractivity contribution in [3.63, 3.8) is 0 Å². The molecule has 19 heteroatoms. The summed E-state index contributed by atoms with van der Waals surface area (Å²) in [7, 11) is -6.70. The average molecular weight is 937 g/mol. The van der Waals surface area contributed by atoms with E-state index in [1.54, 1.807) is 117 Å². The average Bonchev–Trinajstić information content (AvgIpc) is 3.78. The fourth-order valence-electron chi connectivity index (χ4n) is 6.87. The Balaban J connectivity index is 1.36. The second-order valence-electron chi connectivity index (χ2n) is 14.8. The molecule has 1 heterocycles. The molecular weight excluding hydrogens is 886 g/mol. The van der Waals surface area contributed by atoms with Gasteiger partial charge in [-0.15, -0.1) is 11.3 Å².